The van der Waals surface area contributed by atoms with Crippen LogP contribution in [0.5, 0.6) is 0 Å². The SMILES string of the molecule is FC(F)(F)c1ccc(CN(Cc2ccccc2)N=Cc2ccco2)cc1. The van der Waals surface area contributed by atoms with Gasteiger partial charge in [-0.15, -0.1) is 0 Å². The number of hydrazone groups is 1. The monoisotopic (exact) mass is 358 g/mol. The van der Waals surface area contributed by atoms with Crippen molar-refractivity contribution in [3.05, 3.63) is 95.4 Å². The molecular weight excluding hydrogens is 341 g/mol. The molecule has 3 rings (SSSR count). The maximum atomic E-state index is 12.7. The quantitative estimate of drug-likeness (QED) is 0.440. The fourth-order valence-corrected chi connectivity index (χ4v) is 2.44. The largest absolute Gasteiger partial charge is 0.463 e. The predicted molar refractivity (Wildman–Crippen MR) is 93.4 cm³/mol. The average molecular weight is 358 g/mol. The highest BCUT2D eigenvalue weighted by atomic mass is 19.4. The van der Waals surface area contributed by atoms with Crippen LogP contribution in [0.2, 0.25) is 0 Å². The Morgan fingerprint density at radius 2 is 1.50 bits per heavy atom. The third-order valence-corrected chi connectivity index (χ3v) is 3.75. The zero-order valence-corrected chi connectivity index (χ0v) is 13.9. The van der Waals surface area contributed by atoms with Crippen molar-refractivity contribution in [2.24, 2.45) is 5.10 Å². The second kappa shape index (κ2) is 7.91. The van der Waals surface area contributed by atoms with Gasteiger partial charge in [0.25, 0.3) is 0 Å². The van der Waals surface area contributed by atoms with E-state index in [-0.39, 0.29) is 0 Å². The molecular formula is C20H17F3N2O. The van der Waals surface area contributed by atoms with Gasteiger partial charge in [-0.2, -0.15) is 18.3 Å². The van der Waals surface area contributed by atoms with Gasteiger partial charge in [0.2, 0.25) is 0 Å². The zero-order valence-electron chi connectivity index (χ0n) is 13.9. The molecule has 2 aromatic carbocycles. The summed E-state index contributed by atoms with van der Waals surface area (Å²) in [5.74, 6) is 0.607. The van der Waals surface area contributed by atoms with Crippen LogP contribution in [-0.4, -0.2) is 11.2 Å². The molecule has 0 aliphatic rings. The topological polar surface area (TPSA) is 28.7 Å². The van der Waals surface area contributed by atoms with E-state index in [1.807, 2.05) is 30.3 Å². The lowest BCUT2D eigenvalue weighted by Crippen LogP contribution is -2.17. The highest BCUT2D eigenvalue weighted by Crippen LogP contribution is 2.29. The van der Waals surface area contributed by atoms with E-state index in [2.05, 4.69) is 5.10 Å². The maximum absolute atomic E-state index is 12.7. The molecule has 0 aliphatic carbocycles. The van der Waals surface area contributed by atoms with E-state index in [0.29, 0.717) is 18.8 Å². The number of rotatable bonds is 6. The van der Waals surface area contributed by atoms with Gasteiger partial charge in [-0.1, -0.05) is 42.5 Å². The summed E-state index contributed by atoms with van der Waals surface area (Å²) in [6.07, 6.45) is -1.19. The Morgan fingerprint density at radius 3 is 2.08 bits per heavy atom. The van der Waals surface area contributed by atoms with E-state index in [9.17, 15) is 13.2 Å². The first-order valence-electron chi connectivity index (χ1n) is 8.03. The third kappa shape index (κ3) is 4.99. The van der Waals surface area contributed by atoms with Gasteiger partial charge in [0, 0.05) is 0 Å². The molecule has 0 amide bonds. The summed E-state index contributed by atoms with van der Waals surface area (Å²) in [4.78, 5) is 0. The minimum atomic E-state index is -4.33. The first-order chi connectivity index (χ1) is 12.5. The van der Waals surface area contributed by atoms with Crippen molar-refractivity contribution in [3.63, 3.8) is 0 Å². The molecule has 0 radical (unpaired) electrons. The Bertz CT molecular complexity index is 826. The lowest BCUT2D eigenvalue weighted by atomic mass is 10.1. The molecule has 1 heterocycles. The van der Waals surface area contributed by atoms with Crippen LogP contribution in [0.1, 0.15) is 22.5 Å². The summed E-state index contributed by atoms with van der Waals surface area (Å²) >= 11 is 0. The Labute approximate surface area is 149 Å². The molecule has 6 heteroatoms. The molecule has 3 aromatic rings. The highest BCUT2D eigenvalue weighted by molar-refractivity contribution is 5.75. The van der Waals surface area contributed by atoms with Crippen LogP contribution in [0.15, 0.2) is 82.5 Å². The maximum Gasteiger partial charge on any atom is 0.416 e. The molecule has 134 valence electrons. The predicted octanol–water partition coefficient (Wildman–Crippen LogP) is 5.33. The van der Waals surface area contributed by atoms with Crippen LogP contribution in [0.25, 0.3) is 0 Å². The number of benzene rings is 2. The van der Waals surface area contributed by atoms with Crippen molar-refractivity contribution >= 4 is 6.21 Å². The van der Waals surface area contributed by atoms with Gasteiger partial charge in [0.15, 0.2) is 0 Å². The third-order valence-electron chi connectivity index (χ3n) is 3.75. The van der Waals surface area contributed by atoms with Crippen LogP contribution in [0.3, 0.4) is 0 Å². The molecule has 0 atom stereocenters. The van der Waals surface area contributed by atoms with Gasteiger partial charge in [-0.25, -0.2) is 0 Å². The molecule has 0 bridgehead atoms. The van der Waals surface area contributed by atoms with Crippen molar-refractivity contribution < 1.29 is 17.6 Å². The van der Waals surface area contributed by atoms with Crippen LogP contribution >= 0.6 is 0 Å². The summed E-state index contributed by atoms with van der Waals surface area (Å²) < 4.78 is 43.3. The van der Waals surface area contributed by atoms with Crippen LogP contribution < -0.4 is 0 Å². The van der Waals surface area contributed by atoms with Crippen molar-refractivity contribution in [3.8, 4) is 0 Å². The van der Waals surface area contributed by atoms with E-state index in [1.54, 1.807) is 29.6 Å². The van der Waals surface area contributed by atoms with Crippen LogP contribution in [0.4, 0.5) is 13.2 Å². The number of hydrogen-bond donors (Lipinski definition) is 0. The minimum Gasteiger partial charge on any atom is -0.463 e. The number of hydrogen-bond acceptors (Lipinski definition) is 3. The smallest absolute Gasteiger partial charge is 0.416 e. The van der Waals surface area contributed by atoms with Crippen LogP contribution in [0, 0.1) is 0 Å². The van der Waals surface area contributed by atoms with Crippen molar-refractivity contribution in [1.29, 1.82) is 0 Å². The van der Waals surface area contributed by atoms with Gasteiger partial charge < -0.3 is 4.42 Å². The summed E-state index contributed by atoms with van der Waals surface area (Å²) in [6.45, 7) is 0.906. The average Bonchev–Trinajstić information content (AvgIpc) is 3.14. The Kier molecular flexibility index (Phi) is 5.41. The van der Waals surface area contributed by atoms with E-state index >= 15 is 0 Å². The summed E-state index contributed by atoms with van der Waals surface area (Å²) in [5.41, 5.74) is 1.14. The van der Waals surface area contributed by atoms with E-state index in [0.717, 1.165) is 23.3 Å². The second-order valence-corrected chi connectivity index (χ2v) is 5.76. The number of nitrogens with zero attached hydrogens (tertiary/aromatic N) is 2. The number of halogens is 3. The number of furan rings is 1. The normalized spacial score (nSPS) is 11.8. The van der Waals surface area contributed by atoms with Crippen molar-refractivity contribution in [2.45, 2.75) is 19.3 Å². The Morgan fingerprint density at radius 1 is 0.846 bits per heavy atom. The summed E-state index contributed by atoms with van der Waals surface area (Å²) in [6, 6.07) is 18.4. The lowest BCUT2D eigenvalue weighted by Gasteiger charge is -2.19. The fraction of sp³-hybridized carbons (Fsp3) is 0.150. The Hall–Kier alpha value is -3.02. The highest BCUT2D eigenvalue weighted by Gasteiger charge is 2.29. The van der Waals surface area contributed by atoms with E-state index in [1.165, 1.54) is 12.1 Å². The molecule has 0 saturated carbocycles. The summed E-state index contributed by atoms with van der Waals surface area (Å²) in [7, 11) is 0. The molecule has 0 fully saturated rings. The van der Waals surface area contributed by atoms with Gasteiger partial charge >= 0.3 is 6.18 Å². The van der Waals surface area contributed by atoms with Crippen molar-refractivity contribution in [2.75, 3.05) is 0 Å². The zero-order chi connectivity index (χ0) is 18.4. The van der Waals surface area contributed by atoms with Gasteiger partial charge in [0.05, 0.1) is 31.1 Å². The van der Waals surface area contributed by atoms with Crippen LogP contribution in [-0.2, 0) is 19.3 Å². The Balaban J connectivity index is 1.76. The molecule has 26 heavy (non-hydrogen) atoms. The molecule has 0 N–H and O–H groups in total. The molecule has 0 spiro atoms. The molecule has 0 unspecified atom stereocenters. The molecule has 0 saturated heterocycles. The van der Waals surface area contributed by atoms with Crippen molar-refractivity contribution in [1.82, 2.24) is 5.01 Å². The molecule has 3 nitrogen and oxygen atoms in total. The fourth-order valence-electron chi connectivity index (χ4n) is 2.44. The van der Waals surface area contributed by atoms with Gasteiger partial charge in [-0.3, -0.25) is 5.01 Å². The number of alkyl halides is 3. The summed E-state index contributed by atoms with van der Waals surface area (Å²) in [5, 5.41) is 6.20. The van der Waals surface area contributed by atoms with E-state index in [4.69, 9.17) is 4.42 Å². The van der Waals surface area contributed by atoms with Gasteiger partial charge in [0.1, 0.15) is 5.76 Å². The standard InChI is InChI=1S/C20H17F3N2O/c21-20(22,23)18-10-8-17(9-11-18)15-25(14-16-5-2-1-3-6-16)24-13-19-7-4-12-26-19/h1-13H,14-15H2. The molecule has 0 aliphatic heterocycles. The lowest BCUT2D eigenvalue weighted by molar-refractivity contribution is -0.137. The second-order valence-electron chi connectivity index (χ2n) is 5.76. The first-order valence-corrected chi connectivity index (χ1v) is 8.03. The minimum absolute atomic E-state index is 0.379. The first kappa shape index (κ1) is 17.8. The molecule has 1 aromatic heterocycles. The van der Waals surface area contributed by atoms with E-state index < -0.39 is 11.7 Å². The van der Waals surface area contributed by atoms with Gasteiger partial charge in [-0.05, 0) is 35.4 Å².